The second kappa shape index (κ2) is 9.15. The molecule has 4 aliphatic rings. The molecule has 0 N–H and O–H groups in total. The van der Waals surface area contributed by atoms with Crippen molar-refractivity contribution in [2.45, 2.75) is 77.1 Å². The summed E-state index contributed by atoms with van der Waals surface area (Å²) in [5.74, 6) is 0.358. The largest absolute Gasteiger partial charge is 0.534 e. The summed E-state index contributed by atoms with van der Waals surface area (Å²) < 4.78 is 73.6. The topological polar surface area (TPSA) is 72.9 Å². The fourth-order valence-corrected chi connectivity index (χ4v) is 8.26. The number of nitrogens with zero attached hydrogens (tertiary/aromatic N) is 1. The minimum Gasteiger partial charge on any atom is -0.380 e. The molecule has 0 aromatic carbocycles. The number of piperidine rings is 1. The predicted molar refractivity (Wildman–Crippen MR) is 133 cm³/mol. The molecule has 0 spiro atoms. The molecule has 0 radical (unpaired) electrons. The van der Waals surface area contributed by atoms with Crippen molar-refractivity contribution in [3.05, 3.63) is 23.6 Å². The predicted octanol–water partition coefficient (Wildman–Crippen LogP) is 5.67. The van der Waals surface area contributed by atoms with E-state index in [2.05, 4.69) is 31.5 Å². The second-order valence-electron chi connectivity index (χ2n) is 12.6. The van der Waals surface area contributed by atoms with Gasteiger partial charge in [0.1, 0.15) is 12.5 Å². The molecule has 0 amide bonds. The zero-order valence-corrected chi connectivity index (χ0v) is 23.6. The lowest BCUT2D eigenvalue weighted by molar-refractivity contribution is -0.121. The highest BCUT2D eigenvalue weighted by atomic mass is 32.2. The van der Waals surface area contributed by atoms with Crippen molar-refractivity contribution in [2.75, 3.05) is 19.9 Å². The van der Waals surface area contributed by atoms with Crippen molar-refractivity contribution >= 4 is 24.0 Å². The van der Waals surface area contributed by atoms with Crippen molar-refractivity contribution in [1.29, 1.82) is 0 Å². The molecule has 11 heteroatoms. The van der Waals surface area contributed by atoms with Crippen LogP contribution >= 0.6 is 0 Å². The van der Waals surface area contributed by atoms with E-state index < -0.39 is 29.1 Å². The number of fused-ring (bicyclic) bond motifs is 5. The number of hydrogen-bond acceptors (Lipinski definition) is 6. The minimum atomic E-state index is -5.72. The zero-order valence-electron chi connectivity index (χ0n) is 21.8. The van der Waals surface area contributed by atoms with Crippen molar-refractivity contribution in [3.63, 3.8) is 0 Å². The first-order valence-corrected chi connectivity index (χ1v) is 17.9. The number of halogens is 3. The lowest BCUT2D eigenvalue weighted by atomic mass is 9.50. The van der Waals surface area contributed by atoms with Crippen LogP contribution in [0.2, 0.25) is 25.7 Å². The molecule has 4 rings (SSSR count). The molecule has 36 heavy (non-hydrogen) atoms. The molecule has 6 nitrogen and oxygen atoms in total. The molecule has 1 saturated carbocycles. The van der Waals surface area contributed by atoms with Gasteiger partial charge in [-0.2, -0.15) is 21.6 Å². The normalized spacial score (nSPS) is 34.9. The summed E-state index contributed by atoms with van der Waals surface area (Å²) in [6.07, 6.45) is 6.27. The Morgan fingerprint density at radius 2 is 1.83 bits per heavy atom. The van der Waals surface area contributed by atoms with E-state index >= 15 is 0 Å². The van der Waals surface area contributed by atoms with Gasteiger partial charge in [0.2, 0.25) is 0 Å². The molecule has 3 aliphatic carbocycles. The summed E-state index contributed by atoms with van der Waals surface area (Å²) in [4.78, 5) is 14.6. The van der Waals surface area contributed by atoms with E-state index in [0.29, 0.717) is 39.1 Å². The number of carbonyl (C=O) groups excluding carboxylic acids is 1. The first-order valence-electron chi connectivity index (χ1n) is 12.8. The fraction of sp³-hybridized carbons (Fsp3) is 0.800. The molecule has 0 aromatic heterocycles. The number of ketones is 1. The summed E-state index contributed by atoms with van der Waals surface area (Å²) in [5.41, 5.74) is -5.47. The Hall–Kier alpha value is -1.33. The number of rotatable bonds is 7. The third kappa shape index (κ3) is 4.91. The third-order valence-corrected chi connectivity index (χ3v) is 11.7. The number of hydrogen-bond donors (Lipinski definition) is 0. The molecule has 1 saturated heterocycles. The zero-order chi connectivity index (χ0) is 26.7. The summed E-state index contributed by atoms with van der Waals surface area (Å²) in [6, 6.07) is 1.03. The van der Waals surface area contributed by atoms with Crippen LogP contribution in [0.5, 0.6) is 0 Å². The van der Waals surface area contributed by atoms with E-state index in [9.17, 15) is 26.4 Å². The standard InChI is InChI=1S/C25H38F3NO5SSi/c1-23-10-8-17(30)14-21(23)29(16-33-12-13-36(3,4)5)15-18-19-6-7-22(24(19,2)11-9-20(18)23)34-35(31,32)25(26,27)28/h7,14,18-20H,6,8-13,15-16H2,1-5H3/t18-,19-,20-,23+,24-/m0/s1. The van der Waals surface area contributed by atoms with Gasteiger partial charge in [-0.3, -0.25) is 4.79 Å². The maximum Gasteiger partial charge on any atom is 0.534 e. The Bertz CT molecular complexity index is 1070. The number of likely N-dealkylation sites (tertiary alicyclic amines) is 1. The highest BCUT2D eigenvalue weighted by Gasteiger charge is 2.61. The highest BCUT2D eigenvalue weighted by molar-refractivity contribution is 7.87. The van der Waals surface area contributed by atoms with E-state index in [1.165, 1.54) is 0 Å². The molecule has 1 aliphatic heterocycles. The number of allylic oxidation sites excluding steroid dienone is 4. The fourth-order valence-electron chi connectivity index (χ4n) is 6.91. The monoisotopic (exact) mass is 549 g/mol. The van der Waals surface area contributed by atoms with Gasteiger partial charge < -0.3 is 13.8 Å². The molecule has 0 bridgehead atoms. The molecular formula is C25H38F3NO5SSi. The van der Waals surface area contributed by atoms with Crippen molar-refractivity contribution < 1.29 is 35.3 Å². The quantitative estimate of drug-likeness (QED) is 0.176. The van der Waals surface area contributed by atoms with Crippen molar-refractivity contribution in [3.8, 4) is 0 Å². The summed E-state index contributed by atoms with van der Waals surface area (Å²) in [5, 5.41) is 0. The average Bonchev–Trinajstić information content (AvgIpc) is 3.06. The van der Waals surface area contributed by atoms with Crippen LogP contribution in [0, 0.1) is 28.6 Å². The summed E-state index contributed by atoms with van der Waals surface area (Å²) in [7, 11) is -6.98. The van der Waals surface area contributed by atoms with Crippen molar-refractivity contribution in [2.24, 2.45) is 28.6 Å². The van der Waals surface area contributed by atoms with Crippen LogP contribution in [0.3, 0.4) is 0 Å². The smallest absolute Gasteiger partial charge is 0.380 e. The van der Waals surface area contributed by atoms with Gasteiger partial charge >= 0.3 is 15.6 Å². The van der Waals surface area contributed by atoms with Crippen LogP contribution in [0.1, 0.15) is 46.0 Å². The van der Waals surface area contributed by atoms with Gasteiger partial charge in [-0.25, -0.2) is 0 Å². The van der Waals surface area contributed by atoms with Crippen LogP contribution in [0.25, 0.3) is 0 Å². The molecular weight excluding hydrogens is 511 g/mol. The van der Waals surface area contributed by atoms with Crippen LogP contribution in [-0.4, -0.2) is 52.6 Å². The first kappa shape index (κ1) is 27.7. The Labute approximate surface area is 213 Å². The average molecular weight is 550 g/mol. The Morgan fingerprint density at radius 3 is 2.47 bits per heavy atom. The van der Waals surface area contributed by atoms with E-state index in [-0.39, 0.29) is 34.7 Å². The van der Waals surface area contributed by atoms with Gasteiger partial charge in [0.25, 0.3) is 0 Å². The van der Waals surface area contributed by atoms with Crippen LogP contribution in [-0.2, 0) is 23.8 Å². The Balaban J connectivity index is 1.58. The van der Waals surface area contributed by atoms with E-state index in [1.54, 1.807) is 12.2 Å². The van der Waals surface area contributed by atoms with Crippen LogP contribution < -0.4 is 0 Å². The van der Waals surface area contributed by atoms with Gasteiger partial charge in [0.05, 0.1) is 0 Å². The lowest BCUT2D eigenvalue weighted by Gasteiger charge is -2.60. The molecule has 204 valence electrons. The number of alkyl halides is 3. The molecule has 0 unspecified atom stereocenters. The maximum absolute atomic E-state index is 13.1. The van der Waals surface area contributed by atoms with Crippen molar-refractivity contribution in [1.82, 2.24) is 4.90 Å². The van der Waals surface area contributed by atoms with Gasteiger partial charge in [-0.05, 0) is 55.6 Å². The summed E-state index contributed by atoms with van der Waals surface area (Å²) in [6.45, 7) is 12.5. The molecule has 1 heterocycles. The van der Waals surface area contributed by atoms with Crippen LogP contribution in [0.15, 0.2) is 23.6 Å². The Morgan fingerprint density at radius 1 is 1.14 bits per heavy atom. The number of ether oxygens (including phenoxy) is 1. The molecule has 5 atom stereocenters. The molecule has 2 fully saturated rings. The first-order chi connectivity index (χ1) is 16.5. The van der Waals surface area contributed by atoms with Gasteiger partial charge in [-0.1, -0.05) is 33.5 Å². The SMILES string of the molecule is C[C@]12CCC(=O)C=C1N(COCC[Si](C)(C)C)C[C@@H]1[C@@H]2CC[C@]2(C)C(OS(=O)(=O)C(F)(F)F)=CC[C@@H]12. The van der Waals surface area contributed by atoms with Gasteiger partial charge in [0, 0.05) is 50.2 Å². The Kier molecular flexibility index (Phi) is 7.04. The number of carbonyl (C=O) groups is 1. The highest BCUT2D eigenvalue weighted by Crippen LogP contribution is 2.64. The van der Waals surface area contributed by atoms with Crippen LogP contribution in [0.4, 0.5) is 13.2 Å². The van der Waals surface area contributed by atoms with Gasteiger partial charge in [-0.15, -0.1) is 0 Å². The third-order valence-electron chi connectivity index (χ3n) is 9.04. The lowest BCUT2D eigenvalue weighted by Crippen LogP contribution is -2.58. The van der Waals surface area contributed by atoms with E-state index in [4.69, 9.17) is 8.92 Å². The molecule has 0 aromatic rings. The summed E-state index contributed by atoms with van der Waals surface area (Å²) >= 11 is 0. The van der Waals surface area contributed by atoms with E-state index in [1.807, 2.05) is 6.92 Å². The van der Waals surface area contributed by atoms with Gasteiger partial charge in [0.15, 0.2) is 5.78 Å². The maximum atomic E-state index is 13.1. The second-order valence-corrected chi connectivity index (χ2v) is 19.8. The minimum absolute atomic E-state index is 0.0461. The van der Waals surface area contributed by atoms with E-state index in [0.717, 1.165) is 24.6 Å².